The lowest BCUT2D eigenvalue weighted by atomic mass is 10.1. The van der Waals surface area contributed by atoms with Crippen molar-refractivity contribution in [2.45, 2.75) is 13.5 Å². The van der Waals surface area contributed by atoms with Gasteiger partial charge in [-0.1, -0.05) is 30.3 Å². The number of fused-ring (bicyclic) bond motifs is 4. The first-order valence-corrected chi connectivity index (χ1v) is 10.9. The minimum Gasteiger partial charge on any atom is -0.454 e. The number of imide groups is 1. The van der Waals surface area contributed by atoms with Gasteiger partial charge in [0.1, 0.15) is 6.54 Å². The van der Waals surface area contributed by atoms with Gasteiger partial charge in [-0.15, -0.1) is 0 Å². The van der Waals surface area contributed by atoms with Gasteiger partial charge >= 0.3 is 5.97 Å². The van der Waals surface area contributed by atoms with Gasteiger partial charge in [-0.3, -0.25) is 24.1 Å². The van der Waals surface area contributed by atoms with E-state index in [9.17, 15) is 19.2 Å². The predicted molar refractivity (Wildman–Crippen MR) is 127 cm³/mol. The van der Waals surface area contributed by atoms with Crippen molar-refractivity contribution in [3.8, 4) is 0 Å². The minimum absolute atomic E-state index is 0.248. The molecular weight excluding hydrogens is 434 g/mol. The van der Waals surface area contributed by atoms with Crippen molar-refractivity contribution in [3.63, 3.8) is 0 Å². The molecule has 0 atom stereocenters. The number of esters is 1. The third kappa shape index (κ3) is 3.59. The van der Waals surface area contributed by atoms with Crippen LogP contribution in [-0.2, 0) is 20.9 Å². The zero-order chi connectivity index (χ0) is 23.8. The Kier molecular flexibility index (Phi) is 5.33. The normalized spacial score (nSPS) is 12.9. The molecule has 0 saturated carbocycles. The molecule has 0 saturated heterocycles. The Balaban J connectivity index is 1.23. The van der Waals surface area contributed by atoms with Crippen molar-refractivity contribution < 1.29 is 23.9 Å². The Morgan fingerprint density at radius 1 is 0.853 bits per heavy atom. The maximum atomic E-state index is 12.4. The first kappa shape index (κ1) is 21.4. The van der Waals surface area contributed by atoms with E-state index in [-0.39, 0.29) is 11.1 Å². The van der Waals surface area contributed by atoms with E-state index in [1.165, 1.54) is 12.1 Å². The van der Waals surface area contributed by atoms with Gasteiger partial charge in [0.05, 0.1) is 11.1 Å². The van der Waals surface area contributed by atoms with Crippen LogP contribution < -0.4 is 5.32 Å². The highest BCUT2D eigenvalue weighted by Gasteiger charge is 2.36. The molecule has 3 aromatic carbocycles. The molecule has 1 aromatic heterocycles. The number of para-hydroxylation sites is 1. The summed E-state index contributed by atoms with van der Waals surface area (Å²) >= 11 is 0. The average molecular weight is 455 g/mol. The molecule has 3 amide bonds. The van der Waals surface area contributed by atoms with Crippen LogP contribution >= 0.6 is 0 Å². The lowest BCUT2D eigenvalue weighted by molar-refractivity contribution is -0.147. The topological polar surface area (TPSA) is 97.7 Å². The fraction of sp³-hybridized carbons (Fsp3) is 0.154. The average Bonchev–Trinajstić information content (AvgIpc) is 3.29. The SMILES string of the molecule is CCn1c2ccccc2c2cc(NC(=O)COC(=O)CN3C(=O)c4ccccc4C3=O)ccc21. The molecule has 2 heterocycles. The number of anilines is 1. The Bertz CT molecular complexity index is 1450. The largest absolute Gasteiger partial charge is 0.454 e. The van der Waals surface area contributed by atoms with Crippen molar-refractivity contribution in [1.29, 1.82) is 0 Å². The Hall–Kier alpha value is -4.46. The van der Waals surface area contributed by atoms with Crippen LogP contribution in [0.1, 0.15) is 27.6 Å². The van der Waals surface area contributed by atoms with Crippen LogP contribution in [0.5, 0.6) is 0 Å². The number of benzene rings is 3. The van der Waals surface area contributed by atoms with E-state index in [0.717, 1.165) is 33.3 Å². The summed E-state index contributed by atoms with van der Waals surface area (Å²) in [6, 6.07) is 20.1. The van der Waals surface area contributed by atoms with Crippen LogP contribution in [0.3, 0.4) is 0 Å². The number of aryl methyl sites for hydroxylation is 1. The molecule has 1 aliphatic rings. The Morgan fingerprint density at radius 2 is 1.50 bits per heavy atom. The number of hydrogen-bond donors (Lipinski definition) is 1. The summed E-state index contributed by atoms with van der Waals surface area (Å²) in [4.78, 5) is 50.1. The van der Waals surface area contributed by atoms with E-state index in [4.69, 9.17) is 4.74 Å². The van der Waals surface area contributed by atoms with Crippen LogP contribution in [0, 0.1) is 0 Å². The van der Waals surface area contributed by atoms with Crippen LogP contribution in [0.4, 0.5) is 5.69 Å². The summed E-state index contributed by atoms with van der Waals surface area (Å²) in [7, 11) is 0. The summed E-state index contributed by atoms with van der Waals surface area (Å²) in [6.07, 6.45) is 0. The molecule has 170 valence electrons. The summed E-state index contributed by atoms with van der Waals surface area (Å²) in [6.45, 7) is 1.82. The first-order chi connectivity index (χ1) is 16.5. The van der Waals surface area contributed by atoms with Gasteiger partial charge in [-0.25, -0.2) is 0 Å². The number of rotatable bonds is 6. The standard InChI is InChI=1S/C26H21N3O5/c1-2-28-21-10-6-5-7-17(21)20-13-16(11-12-22(20)28)27-23(30)15-34-24(31)14-29-25(32)18-8-3-4-9-19(18)26(29)33/h3-13H,2,14-15H2,1H3,(H,27,30). The molecule has 8 heteroatoms. The number of nitrogens with one attached hydrogen (secondary N) is 1. The number of carbonyl (C=O) groups excluding carboxylic acids is 4. The number of carbonyl (C=O) groups is 4. The maximum absolute atomic E-state index is 12.4. The highest BCUT2D eigenvalue weighted by atomic mass is 16.5. The lowest BCUT2D eigenvalue weighted by Gasteiger charge is -2.13. The molecule has 0 radical (unpaired) electrons. The van der Waals surface area contributed by atoms with Crippen LogP contribution in [-0.4, -0.2) is 46.3 Å². The highest BCUT2D eigenvalue weighted by molar-refractivity contribution is 6.22. The van der Waals surface area contributed by atoms with Gasteiger partial charge in [0, 0.05) is 34.0 Å². The summed E-state index contributed by atoms with van der Waals surface area (Å²) in [5, 5.41) is 4.83. The maximum Gasteiger partial charge on any atom is 0.326 e. The number of hydrogen-bond acceptors (Lipinski definition) is 5. The molecule has 1 aliphatic heterocycles. The molecule has 5 rings (SSSR count). The van der Waals surface area contributed by atoms with E-state index in [1.54, 1.807) is 18.2 Å². The van der Waals surface area contributed by atoms with Gasteiger partial charge < -0.3 is 14.6 Å². The fourth-order valence-corrected chi connectivity index (χ4v) is 4.37. The van der Waals surface area contributed by atoms with Gasteiger partial charge in [-0.05, 0) is 43.3 Å². The summed E-state index contributed by atoms with van der Waals surface area (Å²) in [5.41, 5.74) is 3.25. The highest BCUT2D eigenvalue weighted by Crippen LogP contribution is 2.31. The molecule has 0 bridgehead atoms. The Labute approximate surface area is 194 Å². The second kappa shape index (κ2) is 8.47. The third-order valence-electron chi connectivity index (χ3n) is 5.90. The molecule has 34 heavy (non-hydrogen) atoms. The molecular formula is C26H21N3O5. The van der Waals surface area contributed by atoms with Gasteiger partial charge in [0.15, 0.2) is 6.61 Å². The summed E-state index contributed by atoms with van der Waals surface area (Å²) in [5.74, 6) is -2.47. The molecule has 8 nitrogen and oxygen atoms in total. The quantitative estimate of drug-likeness (QED) is 0.354. The number of ether oxygens (including phenoxy) is 1. The van der Waals surface area contributed by atoms with E-state index < -0.39 is 36.8 Å². The van der Waals surface area contributed by atoms with Gasteiger partial charge in [-0.2, -0.15) is 0 Å². The predicted octanol–water partition coefficient (Wildman–Crippen LogP) is 3.59. The molecule has 0 unspecified atom stereocenters. The minimum atomic E-state index is -0.842. The third-order valence-corrected chi connectivity index (χ3v) is 5.90. The zero-order valence-corrected chi connectivity index (χ0v) is 18.4. The first-order valence-electron chi connectivity index (χ1n) is 10.9. The van der Waals surface area contributed by atoms with Crippen molar-refractivity contribution >= 4 is 51.2 Å². The van der Waals surface area contributed by atoms with Gasteiger partial charge in [0.2, 0.25) is 0 Å². The number of nitrogens with zero attached hydrogens (tertiary/aromatic N) is 2. The Morgan fingerprint density at radius 3 is 2.21 bits per heavy atom. The van der Waals surface area contributed by atoms with Crippen molar-refractivity contribution in [2.75, 3.05) is 18.5 Å². The second-order valence-corrected chi connectivity index (χ2v) is 7.94. The molecule has 1 N–H and O–H groups in total. The van der Waals surface area contributed by atoms with E-state index in [2.05, 4.69) is 22.9 Å². The van der Waals surface area contributed by atoms with Crippen LogP contribution in [0.15, 0.2) is 66.7 Å². The monoisotopic (exact) mass is 455 g/mol. The van der Waals surface area contributed by atoms with Crippen molar-refractivity contribution in [2.24, 2.45) is 0 Å². The lowest BCUT2D eigenvalue weighted by Crippen LogP contribution is -2.36. The van der Waals surface area contributed by atoms with E-state index in [0.29, 0.717) is 5.69 Å². The molecule has 4 aromatic rings. The smallest absolute Gasteiger partial charge is 0.326 e. The number of aromatic nitrogens is 1. The van der Waals surface area contributed by atoms with E-state index >= 15 is 0 Å². The number of amides is 3. The second-order valence-electron chi connectivity index (χ2n) is 7.94. The van der Waals surface area contributed by atoms with Gasteiger partial charge in [0.25, 0.3) is 17.7 Å². The molecule has 0 fully saturated rings. The summed E-state index contributed by atoms with van der Waals surface area (Å²) < 4.78 is 7.22. The zero-order valence-electron chi connectivity index (χ0n) is 18.4. The molecule has 0 aliphatic carbocycles. The van der Waals surface area contributed by atoms with Crippen LogP contribution in [0.2, 0.25) is 0 Å². The van der Waals surface area contributed by atoms with Crippen molar-refractivity contribution in [3.05, 3.63) is 77.9 Å². The fourth-order valence-electron chi connectivity index (χ4n) is 4.37. The van der Waals surface area contributed by atoms with E-state index in [1.807, 2.05) is 30.3 Å². The van der Waals surface area contributed by atoms with Crippen LogP contribution in [0.25, 0.3) is 21.8 Å². The van der Waals surface area contributed by atoms with Crippen molar-refractivity contribution in [1.82, 2.24) is 9.47 Å². The molecule has 0 spiro atoms.